The molecule has 0 spiro atoms. The standard InChI is InChI=1S/C39H38Cl2N6O5/c1-22-14-24(15-33-43-17-25(38(49)47(22)33)19-46-20-26(21-46)39(50)52-3)28-6-4-7-29(35(28)40)30-8-5-9-31(36(30)41)32-12-10-23(37(45-32)51-2)16-42-18-27-11-13-34(48)44-27/h4-10,12,14-15,17,26-27,42H,11,13,16,18-21H2,1-3H3,(H,44,48)/t27-/m1/s1. The number of nitrogens with zero attached hydrogens (tertiary/aromatic N) is 4. The van der Waals surface area contributed by atoms with Crippen molar-refractivity contribution in [3.63, 3.8) is 0 Å². The third-order valence-electron chi connectivity index (χ3n) is 9.75. The Bertz CT molecular complexity index is 2250. The minimum atomic E-state index is -0.230. The van der Waals surface area contributed by atoms with E-state index in [1.165, 1.54) is 7.11 Å². The molecule has 2 fully saturated rings. The van der Waals surface area contributed by atoms with Gasteiger partial charge in [-0.3, -0.25) is 23.7 Å². The Labute approximate surface area is 310 Å². The maximum absolute atomic E-state index is 13.5. The summed E-state index contributed by atoms with van der Waals surface area (Å²) in [5.74, 6) is 0.184. The van der Waals surface area contributed by atoms with Crippen LogP contribution in [-0.4, -0.2) is 71.0 Å². The lowest BCUT2D eigenvalue weighted by molar-refractivity contribution is -0.151. The van der Waals surface area contributed by atoms with Gasteiger partial charge in [-0.1, -0.05) is 65.7 Å². The molecule has 268 valence electrons. The molecule has 1 amide bonds. The van der Waals surface area contributed by atoms with Gasteiger partial charge < -0.3 is 20.1 Å². The number of nitrogens with one attached hydrogen (secondary N) is 2. The molecule has 1 atom stereocenters. The van der Waals surface area contributed by atoms with E-state index in [4.69, 9.17) is 37.7 Å². The molecule has 2 aliphatic heterocycles. The fourth-order valence-corrected chi connectivity index (χ4v) is 7.64. The van der Waals surface area contributed by atoms with Gasteiger partial charge in [0.15, 0.2) is 0 Å². The number of carbonyl (C=O) groups excluding carboxylic acids is 2. The number of rotatable bonds is 11. The first kappa shape index (κ1) is 35.6. The minimum Gasteiger partial charge on any atom is -0.481 e. The van der Waals surface area contributed by atoms with Gasteiger partial charge in [-0.2, -0.15) is 0 Å². The summed E-state index contributed by atoms with van der Waals surface area (Å²) in [4.78, 5) is 48.3. The lowest BCUT2D eigenvalue weighted by Gasteiger charge is -2.37. The van der Waals surface area contributed by atoms with Crippen LogP contribution in [-0.2, 0) is 27.4 Å². The molecule has 0 aliphatic carbocycles. The van der Waals surface area contributed by atoms with Crippen LogP contribution in [0.4, 0.5) is 0 Å². The summed E-state index contributed by atoms with van der Waals surface area (Å²) in [6.07, 6.45) is 3.00. The van der Waals surface area contributed by atoms with Crippen molar-refractivity contribution in [2.45, 2.75) is 38.9 Å². The normalized spacial score (nSPS) is 16.2. The Morgan fingerprint density at radius 1 is 0.962 bits per heavy atom. The molecule has 11 nitrogen and oxygen atoms in total. The van der Waals surface area contributed by atoms with E-state index in [0.29, 0.717) is 77.7 Å². The van der Waals surface area contributed by atoms with Crippen LogP contribution in [0.2, 0.25) is 10.0 Å². The zero-order valence-electron chi connectivity index (χ0n) is 29.0. The molecule has 0 saturated carbocycles. The highest BCUT2D eigenvalue weighted by Crippen LogP contribution is 2.42. The zero-order chi connectivity index (χ0) is 36.5. The van der Waals surface area contributed by atoms with Crippen molar-refractivity contribution in [3.8, 4) is 39.4 Å². The maximum atomic E-state index is 13.5. The van der Waals surface area contributed by atoms with Gasteiger partial charge in [0.25, 0.3) is 5.56 Å². The topological polar surface area (TPSA) is 127 Å². The number of benzene rings is 2. The SMILES string of the molecule is COC(=O)C1CN(Cc2cnc3cc(-c4cccc(-c5cccc(-c6ccc(CNC[C@H]7CCC(=O)N7)c(OC)n6)c5Cl)c4Cl)cc(C)n3c2=O)C1. The molecule has 5 aromatic rings. The van der Waals surface area contributed by atoms with Crippen molar-refractivity contribution in [1.29, 1.82) is 0 Å². The third-order valence-corrected chi connectivity index (χ3v) is 10.6. The van der Waals surface area contributed by atoms with Gasteiger partial charge in [0, 0.05) is 84.9 Å². The number of esters is 1. The Hall–Kier alpha value is -4.81. The van der Waals surface area contributed by atoms with E-state index in [-0.39, 0.29) is 29.4 Å². The summed E-state index contributed by atoms with van der Waals surface area (Å²) in [5.41, 5.74) is 6.98. The molecular weight excluding hydrogens is 703 g/mol. The largest absolute Gasteiger partial charge is 0.481 e. The zero-order valence-corrected chi connectivity index (χ0v) is 30.6. The summed E-state index contributed by atoms with van der Waals surface area (Å²) < 4.78 is 12.1. The molecule has 0 bridgehead atoms. The molecule has 0 unspecified atom stereocenters. The maximum Gasteiger partial charge on any atom is 0.311 e. The number of likely N-dealkylation sites (tertiary alicyclic amines) is 1. The van der Waals surface area contributed by atoms with Crippen molar-refractivity contribution in [1.82, 2.24) is 29.9 Å². The van der Waals surface area contributed by atoms with Crippen LogP contribution >= 0.6 is 23.2 Å². The summed E-state index contributed by atoms with van der Waals surface area (Å²) in [6, 6.07) is 19.3. The Balaban J connectivity index is 1.13. The molecule has 2 N–H and O–H groups in total. The average molecular weight is 742 g/mol. The summed E-state index contributed by atoms with van der Waals surface area (Å²) in [6.45, 7) is 4.58. The van der Waals surface area contributed by atoms with Crippen LogP contribution in [0.5, 0.6) is 5.88 Å². The number of aryl methyl sites for hydroxylation is 1. The van der Waals surface area contributed by atoms with E-state index in [9.17, 15) is 14.4 Å². The minimum absolute atomic E-state index is 0.0906. The van der Waals surface area contributed by atoms with E-state index in [2.05, 4.69) is 15.6 Å². The van der Waals surface area contributed by atoms with E-state index >= 15 is 0 Å². The summed E-state index contributed by atoms with van der Waals surface area (Å²) >= 11 is 14.3. The molecule has 2 aromatic carbocycles. The first-order valence-electron chi connectivity index (χ1n) is 17.1. The Morgan fingerprint density at radius 3 is 2.37 bits per heavy atom. The number of fused-ring (bicyclic) bond motifs is 1. The lowest BCUT2D eigenvalue weighted by Crippen LogP contribution is -2.50. The predicted octanol–water partition coefficient (Wildman–Crippen LogP) is 5.69. The second-order valence-corrected chi connectivity index (χ2v) is 14.0. The number of halogens is 2. The number of hydrogen-bond donors (Lipinski definition) is 2. The van der Waals surface area contributed by atoms with Gasteiger partial charge in [0.1, 0.15) is 5.65 Å². The fraction of sp³-hybridized carbons (Fsp3) is 0.308. The number of pyridine rings is 2. The number of aromatic nitrogens is 3. The van der Waals surface area contributed by atoms with Gasteiger partial charge in [0.05, 0.1) is 41.4 Å². The highest BCUT2D eigenvalue weighted by Gasteiger charge is 2.33. The quantitative estimate of drug-likeness (QED) is 0.164. The molecule has 52 heavy (non-hydrogen) atoms. The molecule has 2 saturated heterocycles. The molecule has 0 radical (unpaired) electrons. The Morgan fingerprint density at radius 2 is 1.67 bits per heavy atom. The van der Waals surface area contributed by atoms with Crippen molar-refractivity contribution in [2.24, 2.45) is 5.92 Å². The number of amides is 1. The monoisotopic (exact) mass is 740 g/mol. The van der Waals surface area contributed by atoms with Gasteiger partial charge in [-0.25, -0.2) is 9.97 Å². The molecule has 3 aromatic heterocycles. The second-order valence-electron chi connectivity index (χ2n) is 13.2. The third kappa shape index (κ3) is 7.01. The van der Waals surface area contributed by atoms with Crippen molar-refractivity contribution >= 4 is 40.7 Å². The van der Waals surface area contributed by atoms with Crippen LogP contribution in [0, 0.1) is 12.8 Å². The highest BCUT2D eigenvalue weighted by molar-refractivity contribution is 6.39. The molecular formula is C39H38Cl2N6O5. The predicted molar refractivity (Wildman–Crippen MR) is 201 cm³/mol. The van der Waals surface area contributed by atoms with E-state index in [1.807, 2.05) is 72.5 Å². The van der Waals surface area contributed by atoms with Gasteiger partial charge in [-0.15, -0.1) is 0 Å². The first-order chi connectivity index (χ1) is 25.1. The van der Waals surface area contributed by atoms with Gasteiger partial charge in [0.2, 0.25) is 11.8 Å². The number of ether oxygens (including phenoxy) is 2. The van der Waals surface area contributed by atoms with Gasteiger partial charge >= 0.3 is 5.97 Å². The molecule has 7 rings (SSSR count). The molecule has 13 heteroatoms. The number of carbonyl (C=O) groups is 2. The van der Waals surface area contributed by atoms with E-state index in [1.54, 1.807) is 17.7 Å². The van der Waals surface area contributed by atoms with Crippen molar-refractivity contribution in [2.75, 3.05) is 33.9 Å². The van der Waals surface area contributed by atoms with Crippen LogP contribution < -0.4 is 20.9 Å². The summed E-state index contributed by atoms with van der Waals surface area (Å²) in [5, 5.41) is 7.36. The number of hydrogen-bond acceptors (Lipinski definition) is 9. The van der Waals surface area contributed by atoms with Crippen LogP contribution in [0.3, 0.4) is 0 Å². The average Bonchev–Trinajstić information content (AvgIpc) is 3.55. The fourth-order valence-electron chi connectivity index (χ4n) is 6.98. The number of methoxy groups -OCH3 is 2. The van der Waals surface area contributed by atoms with Crippen LogP contribution in [0.15, 0.2) is 71.7 Å². The van der Waals surface area contributed by atoms with Crippen molar-refractivity contribution < 1.29 is 19.1 Å². The summed E-state index contributed by atoms with van der Waals surface area (Å²) in [7, 11) is 2.97. The lowest BCUT2D eigenvalue weighted by atomic mass is 9.96. The van der Waals surface area contributed by atoms with Gasteiger partial charge in [-0.05, 0) is 37.1 Å². The molecule has 5 heterocycles. The van der Waals surface area contributed by atoms with E-state index < -0.39 is 0 Å². The highest BCUT2D eigenvalue weighted by atomic mass is 35.5. The molecule has 2 aliphatic rings. The first-order valence-corrected chi connectivity index (χ1v) is 17.8. The van der Waals surface area contributed by atoms with Crippen molar-refractivity contribution in [3.05, 3.63) is 104 Å². The van der Waals surface area contributed by atoms with E-state index in [0.717, 1.165) is 39.8 Å². The smallest absolute Gasteiger partial charge is 0.311 e. The van der Waals surface area contributed by atoms with Crippen LogP contribution in [0.1, 0.15) is 29.7 Å². The Kier molecular flexibility index (Phi) is 10.3. The van der Waals surface area contributed by atoms with Crippen LogP contribution in [0.25, 0.3) is 39.2 Å². The second kappa shape index (κ2) is 15.0.